The molecule has 0 saturated carbocycles. The van der Waals surface area contributed by atoms with Crippen LogP contribution >= 0.6 is 0 Å². The van der Waals surface area contributed by atoms with Crippen LogP contribution in [-0.4, -0.2) is 33.8 Å². The number of nitrogens with zero attached hydrogens (tertiary/aromatic N) is 1. The van der Waals surface area contributed by atoms with Crippen molar-refractivity contribution in [2.45, 2.75) is 26.7 Å². The fourth-order valence-electron chi connectivity index (χ4n) is 2.14. The number of carboxylic acids is 1. The van der Waals surface area contributed by atoms with Gasteiger partial charge in [0.05, 0.1) is 12.3 Å². The third-order valence-electron chi connectivity index (χ3n) is 3.61. The Morgan fingerprint density at radius 3 is 2.56 bits per heavy atom. The maximum Gasteiger partial charge on any atom is 0.303 e. The summed E-state index contributed by atoms with van der Waals surface area (Å²) >= 11 is 0. The van der Waals surface area contributed by atoms with Crippen LogP contribution in [0.25, 0.3) is 0 Å². The number of hydrogen-bond acceptors (Lipinski definition) is 5. The maximum absolute atomic E-state index is 12.3. The van der Waals surface area contributed by atoms with E-state index in [-0.39, 0.29) is 12.0 Å². The lowest BCUT2D eigenvalue weighted by Crippen LogP contribution is -2.26. The highest BCUT2D eigenvalue weighted by molar-refractivity contribution is 6.05. The van der Waals surface area contributed by atoms with Crippen molar-refractivity contribution in [2.75, 3.05) is 11.9 Å². The molecule has 1 heterocycles. The predicted molar refractivity (Wildman–Crippen MR) is 91.1 cm³/mol. The van der Waals surface area contributed by atoms with Crippen molar-refractivity contribution >= 4 is 17.6 Å². The average Bonchev–Trinajstić information content (AvgIpc) is 2.57. The van der Waals surface area contributed by atoms with Crippen LogP contribution in [0.1, 0.15) is 34.5 Å². The molecule has 8 nitrogen and oxygen atoms in total. The first kappa shape index (κ1) is 18.2. The van der Waals surface area contributed by atoms with Gasteiger partial charge in [-0.3, -0.25) is 14.4 Å². The van der Waals surface area contributed by atoms with Gasteiger partial charge in [-0.1, -0.05) is 0 Å². The maximum atomic E-state index is 12.3. The van der Waals surface area contributed by atoms with E-state index in [1.165, 1.54) is 0 Å². The number of hydrogen-bond donors (Lipinski definition) is 3. The van der Waals surface area contributed by atoms with Gasteiger partial charge < -0.3 is 15.2 Å². The number of anilines is 1. The Morgan fingerprint density at radius 2 is 1.92 bits per heavy atom. The van der Waals surface area contributed by atoms with Gasteiger partial charge in [-0.25, -0.2) is 5.10 Å². The quantitative estimate of drug-likeness (QED) is 0.659. The van der Waals surface area contributed by atoms with Crippen LogP contribution in [-0.2, 0) is 4.79 Å². The Kier molecular flexibility index (Phi) is 5.89. The molecule has 132 valence electrons. The van der Waals surface area contributed by atoms with E-state index in [0.717, 1.165) is 0 Å². The molecular weight excluding hydrogens is 326 g/mol. The number of aromatic nitrogens is 2. The summed E-state index contributed by atoms with van der Waals surface area (Å²) in [6.45, 7) is 3.67. The molecule has 0 atom stereocenters. The van der Waals surface area contributed by atoms with Crippen molar-refractivity contribution in [1.82, 2.24) is 10.2 Å². The van der Waals surface area contributed by atoms with Gasteiger partial charge in [0.25, 0.3) is 11.5 Å². The van der Waals surface area contributed by atoms with Crippen LogP contribution in [0.5, 0.6) is 5.75 Å². The second kappa shape index (κ2) is 8.09. The van der Waals surface area contributed by atoms with E-state index in [1.807, 2.05) is 0 Å². The summed E-state index contributed by atoms with van der Waals surface area (Å²) in [5, 5.41) is 17.3. The van der Waals surface area contributed by atoms with E-state index in [1.54, 1.807) is 38.1 Å². The normalized spacial score (nSPS) is 10.3. The highest BCUT2D eigenvalue weighted by Gasteiger charge is 2.16. The number of carbonyl (C=O) groups excluding carboxylic acids is 1. The smallest absolute Gasteiger partial charge is 0.303 e. The number of aromatic amines is 1. The molecule has 0 saturated heterocycles. The number of aliphatic carboxylic acids is 1. The lowest BCUT2D eigenvalue weighted by Gasteiger charge is -2.09. The molecule has 0 aliphatic carbocycles. The summed E-state index contributed by atoms with van der Waals surface area (Å²) < 4.78 is 5.42. The van der Waals surface area contributed by atoms with Crippen molar-refractivity contribution < 1.29 is 19.4 Å². The van der Waals surface area contributed by atoms with Gasteiger partial charge in [-0.2, -0.15) is 5.10 Å². The number of nitrogens with one attached hydrogen (secondary N) is 2. The molecule has 1 aromatic heterocycles. The number of rotatable bonds is 7. The lowest BCUT2D eigenvalue weighted by atomic mass is 10.1. The minimum atomic E-state index is -0.863. The number of H-pyrrole nitrogens is 1. The predicted octanol–water partition coefficient (Wildman–Crippen LogP) is 1.88. The topological polar surface area (TPSA) is 121 Å². The summed E-state index contributed by atoms with van der Waals surface area (Å²) in [7, 11) is 0. The van der Waals surface area contributed by atoms with E-state index in [4.69, 9.17) is 9.84 Å². The molecule has 8 heteroatoms. The minimum absolute atomic E-state index is 0.0292. The summed E-state index contributed by atoms with van der Waals surface area (Å²) in [4.78, 5) is 34.6. The van der Waals surface area contributed by atoms with E-state index in [2.05, 4.69) is 15.5 Å². The SMILES string of the molecule is Cc1n[nH]c(=O)c(C(=O)Nc2ccc(OCCCC(=O)O)cc2)c1C. The van der Waals surface area contributed by atoms with Gasteiger partial charge in [0, 0.05) is 12.1 Å². The van der Waals surface area contributed by atoms with E-state index < -0.39 is 17.4 Å². The number of carbonyl (C=O) groups is 2. The molecule has 0 aliphatic rings. The number of benzene rings is 1. The summed E-state index contributed by atoms with van der Waals surface area (Å²) in [6.07, 6.45) is 0.463. The zero-order chi connectivity index (χ0) is 18.4. The summed E-state index contributed by atoms with van der Waals surface area (Å²) in [5.74, 6) is -0.810. The highest BCUT2D eigenvalue weighted by atomic mass is 16.5. The molecule has 2 rings (SSSR count). The number of ether oxygens (including phenoxy) is 1. The van der Waals surface area contributed by atoms with Crippen molar-refractivity contribution in [3.63, 3.8) is 0 Å². The summed E-state index contributed by atoms with van der Waals surface area (Å²) in [5.41, 5.74) is 1.10. The third-order valence-corrected chi connectivity index (χ3v) is 3.61. The van der Waals surface area contributed by atoms with Crippen molar-refractivity contribution in [3.8, 4) is 5.75 Å². The van der Waals surface area contributed by atoms with Crippen molar-refractivity contribution in [1.29, 1.82) is 0 Å². The number of carboxylic acid groups (broad SMARTS) is 1. The molecule has 0 fully saturated rings. The fourth-order valence-corrected chi connectivity index (χ4v) is 2.14. The zero-order valence-electron chi connectivity index (χ0n) is 14.0. The molecule has 1 amide bonds. The second-order valence-electron chi connectivity index (χ2n) is 5.46. The molecule has 0 unspecified atom stereocenters. The second-order valence-corrected chi connectivity index (χ2v) is 5.46. The van der Waals surface area contributed by atoms with Gasteiger partial charge in [-0.15, -0.1) is 0 Å². The largest absolute Gasteiger partial charge is 0.494 e. The van der Waals surface area contributed by atoms with E-state index in [0.29, 0.717) is 35.7 Å². The van der Waals surface area contributed by atoms with Gasteiger partial charge >= 0.3 is 5.97 Å². The fraction of sp³-hybridized carbons (Fsp3) is 0.294. The first-order valence-electron chi connectivity index (χ1n) is 7.70. The zero-order valence-corrected chi connectivity index (χ0v) is 14.0. The van der Waals surface area contributed by atoms with Gasteiger partial charge in [0.15, 0.2) is 0 Å². The van der Waals surface area contributed by atoms with Gasteiger partial charge in [0.1, 0.15) is 11.3 Å². The van der Waals surface area contributed by atoms with Gasteiger partial charge in [0.2, 0.25) is 0 Å². The first-order valence-corrected chi connectivity index (χ1v) is 7.70. The summed E-state index contributed by atoms with van der Waals surface area (Å²) in [6, 6.07) is 6.60. The lowest BCUT2D eigenvalue weighted by molar-refractivity contribution is -0.137. The third kappa shape index (κ3) is 4.90. The highest BCUT2D eigenvalue weighted by Crippen LogP contribution is 2.17. The Hall–Kier alpha value is -3.16. The van der Waals surface area contributed by atoms with Crippen LogP contribution in [0.2, 0.25) is 0 Å². The Balaban J connectivity index is 1.99. The van der Waals surface area contributed by atoms with E-state index >= 15 is 0 Å². The Labute approximate surface area is 143 Å². The minimum Gasteiger partial charge on any atom is -0.494 e. The van der Waals surface area contributed by atoms with Gasteiger partial charge in [-0.05, 0) is 50.1 Å². The first-order chi connectivity index (χ1) is 11.9. The molecule has 0 spiro atoms. The monoisotopic (exact) mass is 345 g/mol. The molecular formula is C17H19N3O5. The molecule has 0 radical (unpaired) electrons. The van der Waals surface area contributed by atoms with Crippen LogP contribution in [0.4, 0.5) is 5.69 Å². The molecule has 1 aromatic carbocycles. The number of amides is 1. The average molecular weight is 345 g/mol. The molecule has 3 N–H and O–H groups in total. The van der Waals surface area contributed by atoms with Crippen LogP contribution < -0.4 is 15.6 Å². The van der Waals surface area contributed by atoms with Crippen molar-refractivity contribution in [3.05, 3.63) is 51.4 Å². The van der Waals surface area contributed by atoms with Crippen LogP contribution in [0.3, 0.4) is 0 Å². The molecule has 0 aliphatic heterocycles. The molecule has 25 heavy (non-hydrogen) atoms. The number of aryl methyl sites for hydroxylation is 1. The van der Waals surface area contributed by atoms with Crippen molar-refractivity contribution in [2.24, 2.45) is 0 Å². The Morgan fingerprint density at radius 1 is 1.24 bits per heavy atom. The standard InChI is InChI=1S/C17H19N3O5/c1-10-11(2)19-20-17(24)15(10)16(23)18-12-5-7-13(8-6-12)25-9-3-4-14(21)22/h5-8H,3-4,9H2,1-2H3,(H,18,23)(H,20,24)(H,21,22). The molecule has 0 bridgehead atoms. The Bertz CT molecular complexity index is 827. The molecule has 2 aromatic rings. The van der Waals surface area contributed by atoms with Crippen LogP contribution in [0, 0.1) is 13.8 Å². The van der Waals surface area contributed by atoms with E-state index in [9.17, 15) is 14.4 Å². The van der Waals surface area contributed by atoms with Crippen LogP contribution in [0.15, 0.2) is 29.1 Å².